The minimum absolute atomic E-state index is 0.0266. The summed E-state index contributed by atoms with van der Waals surface area (Å²) in [4.78, 5) is 25.7. The molecule has 0 aliphatic carbocycles. The second kappa shape index (κ2) is 6.74. The van der Waals surface area contributed by atoms with Crippen LogP contribution in [0, 0.1) is 5.92 Å². The van der Waals surface area contributed by atoms with E-state index in [1.807, 2.05) is 42.5 Å². The Kier molecular flexibility index (Phi) is 4.51. The minimum Gasteiger partial charge on any atom is -0.497 e. The summed E-state index contributed by atoms with van der Waals surface area (Å²) in [6.07, 6.45) is 0.0266. The van der Waals surface area contributed by atoms with Gasteiger partial charge in [0.25, 0.3) is 0 Å². The first kappa shape index (κ1) is 16.1. The number of benzene rings is 2. The zero-order valence-corrected chi connectivity index (χ0v) is 13.4. The fourth-order valence-corrected chi connectivity index (χ4v) is 3.19. The molecule has 2 atom stereocenters. The number of carbonyl (C=O) groups is 2. The zero-order chi connectivity index (χ0) is 17.1. The average Bonchev–Trinajstić information content (AvgIpc) is 2.93. The molecule has 2 aromatic rings. The predicted molar refractivity (Wildman–Crippen MR) is 88.5 cm³/mol. The van der Waals surface area contributed by atoms with Crippen LogP contribution in [0.1, 0.15) is 23.6 Å². The van der Waals surface area contributed by atoms with E-state index in [1.165, 1.54) is 0 Å². The maximum atomic E-state index is 12.4. The molecule has 1 aliphatic heterocycles. The molecule has 0 aromatic heterocycles. The van der Waals surface area contributed by atoms with Crippen LogP contribution < -0.4 is 4.74 Å². The number of carboxylic acids is 1. The van der Waals surface area contributed by atoms with Crippen LogP contribution in [0.4, 0.5) is 0 Å². The van der Waals surface area contributed by atoms with E-state index in [0.29, 0.717) is 12.3 Å². The molecule has 5 nitrogen and oxygen atoms in total. The predicted octanol–water partition coefficient (Wildman–Crippen LogP) is 2.87. The molecular weight excluding hydrogens is 306 g/mol. The van der Waals surface area contributed by atoms with E-state index in [1.54, 1.807) is 24.1 Å². The first-order valence-corrected chi connectivity index (χ1v) is 7.80. The van der Waals surface area contributed by atoms with Crippen molar-refractivity contribution in [1.82, 2.24) is 4.90 Å². The molecule has 3 rings (SSSR count). The van der Waals surface area contributed by atoms with Crippen molar-refractivity contribution in [2.75, 3.05) is 7.11 Å². The monoisotopic (exact) mass is 325 g/mol. The third kappa shape index (κ3) is 3.11. The molecule has 1 heterocycles. The van der Waals surface area contributed by atoms with E-state index in [4.69, 9.17) is 4.74 Å². The summed E-state index contributed by atoms with van der Waals surface area (Å²) in [5.41, 5.74) is 1.79. The number of hydrogen-bond donors (Lipinski definition) is 1. The Morgan fingerprint density at radius 1 is 1.17 bits per heavy atom. The first-order chi connectivity index (χ1) is 11.6. The number of ether oxygens (including phenoxy) is 1. The number of nitrogens with zero attached hydrogens (tertiary/aromatic N) is 1. The van der Waals surface area contributed by atoms with E-state index >= 15 is 0 Å². The number of rotatable bonds is 5. The summed E-state index contributed by atoms with van der Waals surface area (Å²) in [5, 5.41) is 9.54. The van der Waals surface area contributed by atoms with Crippen molar-refractivity contribution < 1.29 is 19.4 Å². The standard InChI is InChI=1S/C19H19NO4/c1-24-15-9-7-14(8-10-15)18-16(19(22)23)11-17(21)20(18)12-13-5-3-2-4-6-13/h2-10,16,18H,11-12H2,1H3,(H,22,23). The highest BCUT2D eigenvalue weighted by Crippen LogP contribution is 2.39. The molecule has 5 heteroatoms. The molecule has 24 heavy (non-hydrogen) atoms. The SMILES string of the molecule is COc1ccc(C2C(C(=O)O)CC(=O)N2Cc2ccccc2)cc1. The van der Waals surface area contributed by atoms with E-state index in [-0.39, 0.29) is 12.3 Å². The van der Waals surface area contributed by atoms with Gasteiger partial charge in [0.15, 0.2) is 0 Å². The summed E-state index contributed by atoms with van der Waals surface area (Å²) in [6, 6.07) is 16.4. The van der Waals surface area contributed by atoms with Crippen molar-refractivity contribution in [1.29, 1.82) is 0 Å². The molecule has 0 radical (unpaired) electrons. The topological polar surface area (TPSA) is 66.8 Å². The van der Waals surface area contributed by atoms with Gasteiger partial charge in [-0.2, -0.15) is 0 Å². The van der Waals surface area contributed by atoms with Crippen molar-refractivity contribution in [2.45, 2.75) is 19.0 Å². The molecule has 1 N–H and O–H groups in total. The Morgan fingerprint density at radius 3 is 2.42 bits per heavy atom. The molecule has 0 bridgehead atoms. The maximum Gasteiger partial charge on any atom is 0.309 e. The lowest BCUT2D eigenvalue weighted by atomic mass is 9.93. The quantitative estimate of drug-likeness (QED) is 0.918. The second-order valence-corrected chi connectivity index (χ2v) is 5.87. The van der Waals surface area contributed by atoms with Crippen molar-refractivity contribution in [3.05, 3.63) is 65.7 Å². The highest BCUT2D eigenvalue weighted by Gasteiger charge is 2.44. The van der Waals surface area contributed by atoms with Gasteiger partial charge in [0.1, 0.15) is 5.75 Å². The van der Waals surface area contributed by atoms with Gasteiger partial charge in [0.05, 0.1) is 19.1 Å². The van der Waals surface area contributed by atoms with E-state index in [9.17, 15) is 14.7 Å². The molecule has 2 unspecified atom stereocenters. The summed E-state index contributed by atoms with van der Waals surface area (Å²) >= 11 is 0. The fourth-order valence-electron chi connectivity index (χ4n) is 3.19. The minimum atomic E-state index is -0.945. The number of aliphatic carboxylic acids is 1. The Hall–Kier alpha value is -2.82. The Bertz CT molecular complexity index is 727. The second-order valence-electron chi connectivity index (χ2n) is 5.87. The number of likely N-dealkylation sites (tertiary alicyclic amines) is 1. The average molecular weight is 325 g/mol. The van der Waals surface area contributed by atoms with E-state index in [2.05, 4.69) is 0 Å². The van der Waals surface area contributed by atoms with Gasteiger partial charge in [-0.15, -0.1) is 0 Å². The number of carbonyl (C=O) groups excluding carboxylic acids is 1. The zero-order valence-electron chi connectivity index (χ0n) is 13.4. The molecule has 0 saturated carbocycles. The van der Waals surface area contributed by atoms with Crippen LogP contribution in [0.2, 0.25) is 0 Å². The van der Waals surface area contributed by atoms with Gasteiger partial charge in [-0.1, -0.05) is 42.5 Å². The number of methoxy groups -OCH3 is 1. The van der Waals surface area contributed by atoms with Gasteiger partial charge in [0.2, 0.25) is 5.91 Å². The van der Waals surface area contributed by atoms with Gasteiger partial charge < -0.3 is 14.7 Å². The molecule has 2 aromatic carbocycles. The summed E-state index contributed by atoms with van der Waals surface area (Å²) in [6.45, 7) is 0.403. The van der Waals surface area contributed by atoms with E-state index < -0.39 is 17.9 Å². The lowest BCUT2D eigenvalue weighted by Gasteiger charge is -2.27. The van der Waals surface area contributed by atoms with Crippen LogP contribution in [-0.4, -0.2) is 29.0 Å². The largest absolute Gasteiger partial charge is 0.497 e. The van der Waals surface area contributed by atoms with Crippen molar-refractivity contribution in [3.8, 4) is 5.75 Å². The highest BCUT2D eigenvalue weighted by molar-refractivity contribution is 5.87. The molecule has 124 valence electrons. The molecule has 1 fully saturated rings. The van der Waals surface area contributed by atoms with Crippen LogP contribution in [-0.2, 0) is 16.1 Å². The van der Waals surface area contributed by atoms with Crippen LogP contribution in [0.3, 0.4) is 0 Å². The first-order valence-electron chi connectivity index (χ1n) is 7.80. The van der Waals surface area contributed by atoms with Crippen LogP contribution >= 0.6 is 0 Å². The third-order valence-electron chi connectivity index (χ3n) is 4.40. The van der Waals surface area contributed by atoms with Crippen molar-refractivity contribution in [2.24, 2.45) is 5.92 Å². The number of amides is 1. The Morgan fingerprint density at radius 2 is 1.83 bits per heavy atom. The Labute approximate surface area is 140 Å². The van der Waals surface area contributed by atoms with Crippen molar-refractivity contribution in [3.63, 3.8) is 0 Å². The number of carboxylic acid groups (broad SMARTS) is 1. The molecule has 0 spiro atoms. The smallest absolute Gasteiger partial charge is 0.309 e. The summed E-state index contributed by atoms with van der Waals surface area (Å²) in [7, 11) is 1.58. The van der Waals surface area contributed by atoms with Crippen LogP contribution in [0.25, 0.3) is 0 Å². The van der Waals surface area contributed by atoms with Gasteiger partial charge in [-0.05, 0) is 23.3 Å². The van der Waals surface area contributed by atoms with Gasteiger partial charge in [0, 0.05) is 13.0 Å². The van der Waals surface area contributed by atoms with Crippen LogP contribution in [0.15, 0.2) is 54.6 Å². The summed E-state index contributed by atoms with van der Waals surface area (Å²) in [5.74, 6) is -1.12. The lowest BCUT2D eigenvalue weighted by molar-refractivity contribution is -0.142. The lowest BCUT2D eigenvalue weighted by Crippen LogP contribution is -2.30. The third-order valence-corrected chi connectivity index (χ3v) is 4.40. The molecule has 1 amide bonds. The van der Waals surface area contributed by atoms with Gasteiger partial charge >= 0.3 is 5.97 Å². The van der Waals surface area contributed by atoms with Crippen LogP contribution in [0.5, 0.6) is 5.75 Å². The van der Waals surface area contributed by atoms with Crippen molar-refractivity contribution >= 4 is 11.9 Å². The van der Waals surface area contributed by atoms with E-state index in [0.717, 1.165) is 11.1 Å². The fraction of sp³-hybridized carbons (Fsp3) is 0.263. The van der Waals surface area contributed by atoms with Gasteiger partial charge in [-0.3, -0.25) is 9.59 Å². The summed E-state index contributed by atoms with van der Waals surface area (Å²) < 4.78 is 5.15. The molecule has 1 saturated heterocycles. The molecular formula is C19H19NO4. The normalized spacial score (nSPS) is 20.2. The molecule has 1 aliphatic rings. The maximum absolute atomic E-state index is 12.4. The number of hydrogen-bond acceptors (Lipinski definition) is 3. The highest BCUT2D eigenvalue weighted by atomic mass is 16.5. The van der Waals surface area contributed by atoms with Gasteiger partial charge in [-0.25, -0.2) is 0 Å². The Balaban J connectivity index is 1.94.